The summed E-state index contributed by atoms with van der Waals surface area (Å²) in [6.45, 7) is 6.63. The molecule has 3 atom stereocenters. The minimum absolute atomic E-state index is 0.0601. The number of carbonyl (C=O) groups excluding carboxylic acids is 1. The second-order valence-corrected chi connectivity index (χ2v) is 11.1. The summed E-state index contributed by atoms with van der Waals surface area (Å²) in [5.74, 6) is -0.257. The molecule has 188 valence electrons. The average molecular weight is 494 g/mol. The first-order valence-corrected chi connectivity index (χ1v) is 13.0. The zero-order chi connectivity index (χ0) is 24.9. The molecule has 0 bridgehead atoms. The molecule has 0 saturated heterocycles. The number of carbonyl (C=O) groups is 1. The van der Waals surface area contributed by atoms with Gasteiger partial charge in [0.2, 0.25) is 15.9 Å². The Bertz CT molecular complexity index is 1070. The van der Waals surface area contributed by atoms with Crippen LogP contribution in [-0.4, -0.2) is 82.5 Å². The van der Waals surface area contributed by atoms with Crippen LogP contribution in [0.25, 0.3) is 0 Å². The van der Waals surface area contributed by atoms with Gasteiger partial charge in [0.05, 0.1) is 42.1 Å². The molecule has 1 amide bonds. The molecule has 11 heteroatoms. The van der Waals surface area contributed by atoms with Gasteiger partial charge in [-0.1, -0.05) is 24.3 Å². The predicted molar refractivity (Wildman–Crippen MR) is 126 cm³/mol. The number of sulfonamides is 1. The van der Waals surface area contributed by atoms with Gasteiger partial charge in [-0.25, -0.2) is 13.1 Å². The van der Waals surface area contributed by atoms with Gasteiger partial charge in [0.15, 0.2) is 0 Å². The second kappa shape index (κ2) is 11.4. The molecule has 2 aromatic rings. The summed E-state index contributed by atoms with van der Waals surface area (Å²) < 4.78 is 35.7. The van der Waals surface area contributed by atoms with Crippen LogP contribution in [0.4, 0.5) is 0 Å². The molecule has 34 heavy (non-hydrogen) atoms. The highest BCUT2D eigenvalue weighted by molar-refractivity contribution is 7.89. The number of hydrogen-bond acceptors (Lipinski definition) is 7. The maximum Gasteiger partial charge on any atom is 0.242 e. The number of likely N-dealkylation sites (N-methyl/N-ethyl adjacent to an activating group) is 1. The van der Waals surface area contributed by atoms with Crippen LogP contribution in [0.2, 0.25) is 0 Å². The summed E-state index contributed by atoms with van der Waals surface area (Å²) in [6, 6.07) is 6.44. The quantitative estimate of drug-likeness (QED) is 0.647. The largest absolute Gasteiger partial charge is 0.394 e. The standard InChI is InChI=1S/C23H35N5O5S/c1-17-7-5-8-21(11-17)34(31,32)26(4)14-22-18(2)13-27(19(3)15-29)23(30)9-6-10-28-20(16-33-22)12-24-25-28/h5,7-8,11-12,18-19,22,29H,6,9-10,13-16H2,1-4H3/t18-,19-,22+/m1/s1. The lowest BCUT2D eigenvalue weighted by Crippen LogP contribution is -2.47. The Morgan fingerprint density at radius 2 is 2.12 bits per heavy atom. The summed E-state index contributed by atoms with van der Waals surface area (Å²) in [5.41, 5.74) is 1.63. The number of hydrogen-bond donors (Lipinski definition) is 1. The fourth-order valence-corrected chi connectivity index (χ4v) is 5.34. The van der Waals surface area contributed by atoms with Crippen LogP contribution in [-0.2, 0) is 32.7 Å². The number of rotatable bonds is 6. The van der Waals surface area contributed by atoms with Crippen molar-refractivity contribution in [3.05, 3.63) is 41.7 Å². The highest BCUT2D eigenvalue weighted by atomic mass is 32.2. The zero-order valence-electron chi connectivity index (χ0n) is 20.3. The number of aromatic nitrogens is 3. The van der Waals surface area contributed by atoms with Gasteiger partial charge in [0.1, 0.15) is 0 Å². The van der Waals surface area contributed by atoms with Crippen molar-refractivity contribution in [2.75, 3.05) is 26.7 Å². The topological polar surface area (TPSA) is 118 Å². The molecule has 10 nitrogen and oxygen atoms in total. The monoisotopic (exact) mass is 493 g/mol. The van der Waals surface area contributed by atoms with Crippen LogP contribution in [0.3, 0.4) is 0 Å². The number of aliphatic hydroxyl groups is 1. The van der Waals surface area contributed by atoms with E-state index in [1.807, 2.05) is 19.9 Å². The van der Waals surface area contributed by atoms with E-state index in [1.165, 1.54) is 11.4 Å². The Labute approximate surface area is 201 Å². The summed E-state index contributed by atoms with van der Waals surface area (Å²) in [5, 5.41) is 17.8. The smallest absolute Gasteiger partial charge is 0.242 e. The van der Waals surface area contributed by atoms with Crippen molar-refractivity contribution in [2.45, 2.75) is 63.8 Å². The third kappa shape index (κ3) is 6.21. The first kappa shape index (κ1) is 26.3. The van der Waals surface area contributed by atoms with Crippen LogP contribution < -0.4 is 0 Å². The second-order valence-electron chi connectivity index (χ2n) is 9.06. The molecule has 1 N–H and O–H groups in total. The van der Waals surface area contributed by atoms with Gasteiger partial charge in [0, 0.05) is 39.0 Å². The van der Waals surface area contributed by atoms with Crippen molar-refractivity contribution >= 4 is 15.9 Å². The van der Waals surface area contributed by atoms with Crippen LogP contribution >= 0.6 is 0 Å². The van der Waals surface area contributed by atoms with Gasteiger partial charge in [-0.3, -0.25) is 4.79 Å². The van der Waals surface area contributed by atoms with Crippen molar-refractivity contribution in [1.82, 2.24) is 24.2 Å². The minimum atomic E-state index is -3.73. The van der Waals surface area contributed by atoms with Gasteiger partial charge in [-0.2, -0.15) is 4.31 Å². The van der Waals surface area contributed by atoms with Crippen molar-refractivity contribution in [2.24, 2.45) is 5.92 Å². The molecule has 0 saturated carbocycles. The fraction of sp³-hybridized carbons (Fsp3) is 0.609. The molecule has 3 rings (SSSR count). The van der Waals surface area contributed by atoms with Crippen LogP contribution in [0.5, 0.6) is 0 Å². The molecule has 1 aliphatic rings. The number of aliphatic hydroxyl groups excluding tert-OH is 1. The van der Waals surface area contributed by atoms with E-state index in [1.54, 1.807) is 40.9 Å². The Balaban J connectivity index is 1.87. The number of aryl methyl sites for hydroxylation is 2. The van der Waals surface area contributed by atoms with E-state index in [9.17, 15) is 18.3 Å². The summed E-state index contributed by atoms with van der Waals surface area (Å²) in [6.07, 6.45) is 2.04. The molecule has 0 aliphatic carbocycles. The molecular weight excluding hydrogens is 458 g/mol. The molecular formula is C23H35N5O5S. The fourth-order valence-electron chi connectivity index (χ4n) is 4.05. The number of amides is 1. The highest BCUT2D eigenvalue weighted by Crippen LogP contribution is 2.21. The van der Waals surface area contributed by atoms with Crippen molar-refractivity contribution in [1.29, 1.82) is 0 Å². The Morgan fingerprint density at radius 1 is 1.35 bits per heavy atom. The summed E-state index contributed by atoms with van der Waals surface area (Å²) in [4.78, 5) is 14.8. The summed E-state index contributed by atoms with van der Waals surface area (Å²) >= 11 is 0. The van der Waals surface area contributed by atoms with Crippen molar-refractivity contribution < 1.29 is 23.1 Å². The maximum absolute atomic E-state index is 13.2. The van der Waals surface area contributed by atoms with E-state index < -0.39 is 16.1 Å². The molecule has 1 aromatic carbocycles. The first-order valence-electron chi connectivity index (χ1n) is 11.6. The Morgan fingerprint density at radius 3 is 2.82 bits per heavy atom. The van der Waals surface area contributed by atoms with E-state index in [-0.39, 0.29) is 42.5 Å². The van der Waals surface area contributed by atoms with Gasteiger partial charge < -0.3 is 14.7 Å². The predicted octanol–water partition coefficient (Wildman–Crippen LogP) is 1.43. The molecule has 1 aliphatic heterocycles. The van der Waals surface area contributed by atoms with Gasteiger partial charge in [-0.15, -0.1) is 5.10 Å². The molecule has 0 spiro atoms. The molecule has 0 unspecified atom stereocenters. The Hall–Kier alpha value is -2.34. The third-order valence-electron chi connectivity index (χ3n) is 6.27. The van der Waals surface area contributed by atoms with E-state index in [4.69, 9.17) is 4.74 Å². The normalized spacial score (nSPS) is 21.6. The summed E-state index contributed by atoms with van der Waals surface area (Å²) in [7, 11) is -2.19. The van der Waals surface area contributed by atoms with Crippen molar-refractivity contribution in [3.63, 3.8) is 0 Å². The van der Waals surface area contributed by atoms with E-state index in [0.717, 1.165) is 11.3 Å². The lowest BCUT2D eigenvalue weighted by molar-refractivity contribution is -0.136. The first-order chi connectivity index (χ1) is 16.1. The lowest BCUT2D eigenvalue weighted by Gasteiger charge is -2.35. The van der Waals surface area contributed by atoms with Crippen LogP contribution in [0.15, 0.2) is 35.4 Å². The number of ether oxygens (including phenoxy) is 1. The Kier molecular flexibility index (Phi) is 8.80. The SMILES string of the molecule is Cc1cccc(S(=O)(=O)N(C)C[C@@H]2OCc3cnnn3CCCC(=O)N([C@H](C)CO)C[C@H]2C)c1. The molecule has 0 fully saturated rings. The average Bonchev–Trinajstić information content (AvgIpc) is 3.25. The number of nitrogens with zero attached hydrogens (tertiary/aromatic N) is 5. The van der Waals surface area contributed by atoms with E-state index >= 15 is 0 Å². The van der Waals surface area contributed by atoms with Crippen LogP contribution in [0.1, 0.15) is 37.9 Å². The zero-order valence-corrected chi connectivity index (χ0v) is 21.1. The third-order valence-corrected chi connectivity index (χ3v) is 8.09. The van der Waals surface area contributed by atoms with E-state index in [2.05, 4.69) is 10.3 Å². The van der Waals surface area contributed by atoms with Crippen LogP contribution in [0, 0.1) is 12.8 Å². The molecule has 2 heterocycles. The lowest BCUT2D eigenvalue weighted by atomic mass is 10.0. The van der Waals surface area contributed by atoms with Gasteiger partial charge in [0.25, 0.3) is 0 Å². The van der Waals surface area contributed by atoms with Crippen molar-refractivity contribution in [3.8, 4) is 0 Å². The molecule has 1 aromatic heterocycles. The maximum atomic E-state index is 13.2. The highest BCUT2D eigenvalue weighted by Gasteiger charge is 2.31. The number of benzene rings is 1. The van der Waals surface area contributed by atoms with Gasteiger partial charge >= 0.3 is 0 Å². The molecule has 0 radical (unpaired) electrons. The minimum Gasteiger partial charge on any atom is -0.394 e. The van der Waals surface area contributed by atoms with Gasteiger partial charge in [-0.05, 0) is 38.0 Å². The van der Waals surface area contributed by atoms with E-state index in [0.29, 0.717) is 25.9 Å². The number of fused-ring (bicyclic) bond motifs is 1.